The van der Waals surface area contributed by atoms with E-state index in [-0.39, 0.29) is 29.5 Å². The number of likely N-dealkylation sites (tertiary alicyclic amines) is 1. The third-order valence-corrected chi connectivity index (χ3v) is 8.01. The molecule has 0 radical (unpaired) electrons. The molecule has 0 bridgehead atoms. The highest BCUT2D eigenvalue weighted by Gasteiger charge is 2.42. The predicted molar refractivity (Wildman–Crippen MR) is 106 cm³/mol. The monoisotopic (exact) mass is 390 g/mol. The van der Waals surface area contributed by atoms with Gasteiger partial charge in [0.05, 0.1) is 18.1 Å². The number of carbonyl (C=O) groups excluding carboxylic acids is 1. The Morgan fingerprint density at radius 2 is 1.70 bits per heavy atom. The molecule has 1 amide bonds. The average molecular weight is 391 g/mol. The Kier molecular flexibility index (Phi) is 5.55. The minimum atomic E-state index is -2.96. The van der Waals surface area contributed by atoms with Crippen LogP contribution in [-0.2, 0) is 21.1 Å². The Bertz CT molecular complexity index is 753. The molecule has 1 atom stereocenters. The normalized spacial score (nSPS) is 26.1. The molecule has 0 unspecified atom stereocenters. The number of carbonyl (C=O) groups is 1. The molecule has 1 aliphatic carbocycles. The topological polar surface area (TPSA) is 57.7 Å². The molecule has 148 valence electrons. The molecule has 2 heterocycles. The van der Waals surface area contributed by atoms with Crippen molar-refractivity contribution in [1.29, 1.82) is 0 Å². The molecule has 4 rings (SSSR count). The van der Waals surface area contributed by atoms with E-state index in [1.807, 2.05) is 4.90 Å². The van der Waals surface area contributed by atoms with Gasteiger partial charge in [0.25, 0.3) is 0 Å². The molecule has 2 saturated heterocycles. The highest BCUT2D eigenvalue weighted by molar-refractivity contribution is 7.91. The van der Waals surface area contributed by atoms with Crippen LogP contribution in [0.4, 0.5) is 0 Å². The molecule has 27 heavy (non-hydrogen) atoms. The van der Waals surface area contributed by atoms with E-state index in [1.54, 1.807) is 0 Å². The number of sulfone groups is 1. The van der Waals surface area contributed by atoms with Crippen LogP contribution in [0.3, 0.4) is 0 Å². The standard InChI is InChI=1S/C21H30N2O3S/c24-21(23(19-6-7-19)20-10-13-27(25,26)16-20)15-22-11-8-18(9-12-22)14-17-4-2-1-3-5-17/h1-5,18-20H,6-16H2/t20-/m1/s1. The summed E-state index contributed by atoms with van der Waals surface area (Å²) >= 11 is 0. The fourth-order valence-corrected chi connectivity index (χ4v) is 6.33. The Hall–Kier alpha value is -1.40. The molecule has 0 spiro atoms. The van der Waals surface area contributed by atoms with Gasteiger partial charge in [-0.05, 0) is 63.1 Å². The number of nitrogens with zero attached hydrogens (tertiary/aromatic N) is 2. The first-order valence-electron chi connectivity index (χ1n) is 10.3. The molecule has 0 N–H and O–H groups in total. The van der Waals surface area contributed by atoms with Crippen molar-refractivity contribution in [2.24, 2.45) is 5.92 Å². The third kappa shape index (κ3) is 4.91. The van der Waals surface area contributed by atoms with E-state index in [0.29, 0.717) is 18.9 Å². The Balaban J connectivity index is 1.28. The molecular formula is C21H30N2O3S. The zero-order valence-electron chi connectivity index (χ0n) is 15.9. The molecule has 1 saturated carbocycles. The minimum Gasteiger partial charge on any atom is -0.335 e. The minimum absolute atomic E-state index is 0.0920. The zero-order chi connectivity index (χ0) is 18.9. The second-order valence-corrected chi connectivity index (χ2v) is 10.7. The van der Waals surface area contributed by atoms with E-state index >= 15 is 0 Å². The largest absolute Gasteiger partial charge is 0.335 e. The molecule has 5 nitrogen and oxygen atoms in total. The van der Waals surface area contributed by atoms with Gasteiger partial charge in [-0.25, -0.2) is 8.42 Å². The number of rotatable bonds is 6. The first-order valence-corrected chi connectivity index (χ1v) is 12.1. The molecule has 0 aromatic heterocycles. The van der Waals surface area contributed by atoms with Crippen LogP contribution >= 0.6 is 0 Å². The van der Waals surface area contributed by atoms with Gasteiger partial charge >= 0.3 is 0 Å². The van der Waals surface area contributed by atoms with Gasteiger partial charge in [0, 0.05) is 12.1 Å². The molecule has 6 heteroatoms. The molecule has 3 aliphatic rings. The van der Waals surface area contributed by atoms with E-state index in [2.05, 4.69) is 35.2 Å². The van der Waals surface area contributed by atoms with Crippen molar-refractivity contribution >= 4 is 15.7 Å². The van der Waals surface area contributed by atoms with Gasteiger partial charge in [0.2, 0.25) is 5.91 Å². The highest BCUT2D eigenvalue weighted by Crippen LogP contribution is 2.32. The average Bonchev–Trinajstić information content (AvgIpc) is 3.41. The summed E-state index contributed by atoms with van der Waals surface area (Å²) in [6.07, 6.45) is 6.05. The SMILES string of the molecule is O=C(CN1CCC(Cc2ccccc2)CC1)N(C1CC1)[C@@H]1CCS(=O)(=O)C1. The van der Waals surface area contributed by atoms with Crippen LogP contribution in [0, 0.1) is 5.92 Å². The predicted octanol–water partition coefficient (Wildman–Crippen LogP) is 2.12. The van der Waals surface area contributed by atoms with Crippen molar-refractivity contribution < 1.29 is 13.2 Å². The quantitative estimate of drug-likeness (QED) is 0.747. The fraction of sp³-hybridized carbons (Fsp3) is 0.667. The van der Waals surface area contributed by atoms with Crippen LogP contribution < -0.4 is 0 Å². The summed E-state index contributed by atoms with van der Waals surface area (Å²) in [5, 5.41) is 0. The van der Waals surface area contributed by atoms with Crippen molar-refractivity contribution in [2.45, 2.75) is 50.6 Å². The first kappa shape index (κ1) is 18.9. The van der Waals surface area contributed by atoms with Gasteiger partial charge in [0.15, 0.2) is 9.84 Å². The van der Waals surface area contributed by atoms with Crippen LogP contribution in [0.2, 0.25) is 0 Å². The van der Waals surface area contributed by atoms with Crippen LogP contribution in [0.25, 0.3) is 0 Å². The summed E-state index contributed by atoms with van der Waals surface area (Å²) in [4.78, 5) is 17.2. The molecule has 3 fully saturated rings. The first-order chi connectivity index (χ1) is 13.0. The van der Waals surface area contributed by atoms with Crippen molar-refractivity contribution in [1.82, 2.24) is 9.80 Å². The fourth-order valence-electron chi connectivity index (χ4n) is 4.62. The summed E-state index contributed by atoms with van der Waals surface area (Å²) in [6, 6.07) is 10.8. The van der Waals surface area contributed by atoms with Gasteiger partial charge in [-0.15, -0.1) is 0 Å². The van der Waals surface area contributed by atoms with Gasteiger partial charge < -0.3 is 4.90 Å². The molecule has 2 aliphatic heterocycles. The number of amides is 1. The second-order valence-electron chi connectivity index (χ2n) is 8.50. The maximum absolute atomic E-state index is 13.0. The lowest BCUT2D eigenvalue weighted by Gasteiger charge is -2.35. The zero-order valence-corrected chi connectivity index (χ0v) is 16.7. The second kappa shape index (κ2) is 7.92. The molecular weight excluding hydrogens is 360 g/mol. The van der Waals surface area contributed by atoms with Crippen LogP contribution in [-0.4, -0.2) is 67.3 Å². The van der Waals surface area contributed by atoms with Gasteiger partial charge in [-0.1, -0.05) is 30.3 Å². The Morgan fingerprint density at radius 3 is 2.30 bits per heavy atom. The van der Waals surface area contributed by atoms with E-state index < -0.39 is 9.84 Å². The number of hydrogen-bond donors (Lipinski definition) is 0. The van der Waals surface area contributed by atoms with Crippen molar-refractivity contribution in [3.8, 4) is 0 Å². The van der Waals surface area contributed by atoms with Crippen molar-refractivity contribution in [3.05, 3.63) is 35.9 Å². The summed E-state index contributed by atoms with van der Waals surface area (Å²) in [5.74, 6) is 1.23. The number of hydrogen-bond acceptors (Lipinski definition) is 4. The van der Waals surface area contributed by atoms with E-state index in [0.717, 1.165) is 45.2 Å². The summed E-state index contributed by atoms with van der Waals surface area (Å²) in [5.41, 5.74) is 1.40. The maximum Gasteiger partial charge on any atom is 0.237 e. The van der Waals surface area contributed by atoms with Crippen LogP contribution in [0.15, 0.2) is 30.3 Å². The lowest BCUT2D eigenvalue weighted by Crippen LogP contribution is -2.48. The smallest absolute Gasteiger partial charge is 0.237 e. The van der Waals surface area contributed by atoms with E-state index in [1.165, 1.54) is 5.56 Å². The van der Waals surface area contributed by atoms with Gasteiger partial charge in [-0.3, -0.25) is 9.69 Å². The van der Waals surface area contributed by atoms with Gasteiger partial charge in [-0.2, -0.15) is 0 Å². The van der Waals surface area contributed by atoms with Crippen LogP contribution in [0.5, 0.6) is 0 Å². The van der Waals surface area contributed by atoms with Gasteiger partial charge in [0.1, 0.15) is 0 Å². The number of piperidine rings is 1. The maximum atomic E-state index is 13.0. The summed E-state index contributed by atoms with van der Waals surface area (Å²) < 4.78 is 23.7. The summed E-state index contributed by atoms with van der Waals surface area (Å²) in [6.45, 7) is 2.38. The third-order valence-electron chi connectivity index (χ3n) is 6.26. The highest BCUT2D eigenvalue weighted by atomic mass is 32.2. The molecule has 1 aromatic rings. The van der Waals surface area contributed by atoms with Crippen LogP contribution in [0.1, 0.15) is 37.7 Å². The van der Waals surface area contributed by atoms with Crippen molar-refractivity contribution in [2.75, 3.05) is 31.1 Å². The van der Waals surface area contributed by atoms with E-state index in [4.69, 9.17) is 0 Å². The number of benzene rings is 1. The summed E-state index contributed by atoms with van der Waals surface area (Å²) in [7, 11) is -2.96. The van der Waals surface area contributed by atoms with E-state index in [9.17, 15) is 13.2 Å². The lowest BCUT2D eigenvalue weighted by molar-refractivity contribution is -0.135. The van der Waals surface area contributed by atoms with Crippen molar-refractivity contribution in [3.63, 3.8) is 0 Å². The Labute approximate surface area is 162 Å². The Morgan fingerprint density at radius 1 is 1.00 bits per heavy atom. The lowest BCUT2D eigenvalue weighted by atomic mass is 9.90. The molecule has 1 aromatic carbocycles.